The number of fused-ring (bicyclic) bond motifs is 9. The van der Waals surface area contributed by atoms with E-state index in [4.69, 9.17) is 0 Å². The van der Waals surface area contributed by atoms with Gasteiger partial charge < -0.3 is 5.32 Å². The highest BCUT2D eigenvalue weighted by Gasteiger charge is 2.21. The molecule has 3 aliphatic rings. The largest absolute Gasteiger partial charge is 0.314 e. The molecule has 0 spiro atoms. The predicted molar refractivity (Wildman–Crippen MR) is 66.0 cm³/mol. The molecule has 1 heteroatoms. The predicted octanol–water partition coefficient (Wildman–Crippen LogP) is 3.74. The van der Waals surface area contributed by atoms with Crippen molar-refractivity contribution in [1.82, 2.24) is 5.32 Å². The monoisotopic (exact) mass is 209 g/mol. The van der Waals surface area contributed by atoms with E-state index < -0.39 is 0 Å². The quantitative estimate of drug-likeness (QED) is 0.641. The third-order valence-electron chi connectivity index (χ3n) is 4.48. The fourth-order valence-electron chi connectivity index (χ4n) is 3.26. The van der Waals surface area contributed by atoms with E-state index in [1.807, 2.05) is 0 Å². The molecular formula is C14H27N. The van der Waals surface area contributed by atoms with Gasteiger partial charge in [-0.3, -0.25) is 0 Å². The van der Waals surface area contributed by atoms with Gasteiger partial charge in [0.25, 0.3) is 0 Å². The number of hydrogen-bond acceptors (Lipinski definition) is 1. The zero-order valence-corrected chi connectivity index (χ0v) is 10.3. The molecular weight excluding hydrogens is 182 g/mol. The lowest BCUT2D eigenvalue weighted by molar-refractivity contribution is 0.261. The first-order chi connectivity index (χ1) is 7.34. The number of hydrogen-bond donors (Lipinski definition) is 1. The first-order valence-corrected chi connectivity index (χ1v) is 7.08. The highest BCUT2D eigenvalue weighted by molar-refractivity contribution is 4.78. The SMILES string of the molecule is CC1CCCCC2CCC(CC2)NCC1. The Morgan fingerprint density at radius 2 is 1.53 bits per heavy atom. The highest BCUT2D eigenvalue weighted by Crippen LogP contribution is 2.29. The van der Waals surface area contributed by atoms with Gasteiger partial charge in [-0.1, -0.05) is 32.6 Å². The van der Waals surface area contributed by atoms with Gasteiger partial charge in [-0.2, -0.15) is 0 Å². The minimum absolute atomic E-state index is 0.855. The molecule has 0 amide bonds. The summed E-state index contributed by atoms with van der Waals surface area (Å²) in [6.07, 6.45) is 13.2. The van der Waals surface area contributed by atoms with E-state index in [0.717, 1.165) is 17.9 Å². The van der Waals surface area contributed by atoms with Crippen molar-refractivity contribution in [3.05, 3.63) is 0 Å². The van der Waals surface area contributed by atoms with Crippen LogP contribution in [0.2, 0.25) is 0 Å². The number of nitrogens with one attached hydrogen (secondary N) is 1. The summed E-state index contributed by atoms with van der Waals surface area (Å²) in [5.41, 5.74) is 0. The fourth-order valence-corrected chi connectivity index (χ4v) is 3.26. The Morgan fingerprint density at radius 3 is 2.33 bits per heavy atom. The van der Waals surface area contributed by atoms with Crippen molar-refractivity contribution in [2.45, 2.75) is 70.8 Å². The Labute approximate surface area is 95.0 Å². The normalized spacial score (nSPS) is 39.4. The lowest BCUT2D eigenvalue weighted by Crippen LogP contribution is -2.34. The van der Waals surface area contributed by atoms with Gasteiger partial charge in [0.1, 0.15) is 0 Å². The van der Waals surface area contributed by atoms with Crippen molar-refractivity contribution in [2.75, 3.05) is 6.54 Å². The fraction of sp³-hybridized carbons (Fsp3) is 1.00. The molecule has 0 radical (unpaired) electrons. The van der Waals surface area contributed by atoms with Gasteiger partial charge in [-0.25, -0.2) is 0 Å². The molecule has 2 bridgehead atoms. The van der Waals surface area contributed by atoms with Crippen LogP contribution in [-0.4, -0.2) is 12.6 Å². The van der Waals surface area contributed by atoms with Gasteiger partial charge in [0.2, 0.25) is 0 Å². The Bertz CT molecular complexity index is 170. The number of rotatable bonds is 0. The molecule has 1 atom stereocenters. The maximum Gasteiger partial charge on any atom is 0.00672 e. The van der Waals surface area contributed by atoms with Gasteiger partial charge in [0.05, 0.1) is 0 Å². The molecule has 0 aromatic heterocycles. The molecule has 1 unspecified atom stereocenters. The zero-order valence-electron chi connectivity index (χ0n) is 10.3. The molecule has 0 aromatic carbocycles. The zero-order chi connectivity index (χ0) is 10.5. The molecule has 3 rings (SSSR count). The summed E-state index contributed by atoms with van der Waals surface area (Å²) in [7, 11) is 0. The molecule has 3 fully saturated rings. The lowest BCUT2D eigenvalue weighted by atomic mass is 9.82. The molecule has 2 heterocycles. The molecule has 0 aromatic rings. The second-order valence-electron chi connectivity index (χ2n) is 5.85. The van der Waals surface area contributed by atoms with Crippen molar-refractivity contribution in [2.24, 2.45) is 11.8 Å². The third kappa shape index (κ3) is 3.79. The molecule has 88 valence electrons. The summed E-state index contributed by atoms with van der Waals surface area (Å²) >= 11 is 0. The summed E-state index contributed by atoms with van der Waals surface area (Å²) in [4.78, 5) is 0. The first kappa shape index (κ1) is 11.4. The topological polar surface area (TPSA) is 12.0 Å². The van der Waals surface area contributed by atoms with Gasteiger partial charge in [0.15, 0.2) is 0 Å². The first-order valence-electron chi connectivity index (χ1n) is 7.08. The summed E-state index contributed by atoms with van der Waals surface area (Å²) in [5, 5.41) is 3.76. The minimum atomic E-state index is 0.855. The van der Waals surface area contributed by atoms with Crippen LogP contribution in [0.4, 0.5) is 0 Å². The van der Waals surface area contributed by atoms with E-state index >= 15 is 0 Å². The average molecular weight is 209 g/mol. The molecule has 1 saturated carbocycles. The molecule has 1 aliphatic carbocycles. The van der Waals surface area contributed by atoms with E-state index in [1.165, 1.54) is 64.3 Å². The van der Waals surface area contributed by atoms with Gasteiger partial charge in [-0.15, -0.1) is 0 Å². The van der Waals surface area contributed by atoms with Gasteiger partial charge in [0, 0.05) is 6.04 Å². The smallest absolute Gasteiger partial charge is 0.00672 e. The summed E-state index contributed by atoms with van der Waals surface area (Å²) in [6, 6.07) is 0.855. The van der Waals surface area contributed by atoms with Crippen LogP contribution in [0.5, 0.6) is 0 Å². The lowest BCUT2D eigenvalue weighted by Gasteiger charge is -2.30. The second kappa shape index (κ2) is 5.89. The Hall–Kier alpha value is -0.0400. The van der Waals surface area contributed by atoms with E-state index in [-0.39, 0.29) is 0 Å². The summed E-state index contributed by atoms with van der Waals surface area (Å²) in [5.74, 6) is 2.01. The molecule has 1 nitrogen and oxygen atoms in total. The summed E-state index contributed by atoms with van der Waals surface area (Å²) in [6.45, 7) is 3.68. The van der Waals surface area contributed by atoms with Crippen LogP contribution < -0.4 is 5.32 Å². The molecule has 1 N–H and O–H groups in total. The van der Waals surface area contributed by atoms with E-state index in [1.54, 1.807) is 0 Å². The Balaban J connectivity index is 1.82. The third-order valence-corrected chi connectivity index (χ3v) is 4.48. The van der Waals surface area contributed by atoms with Gasteiger partial charge in [-0.05, 0) is 50.5 Å². The van der Waals surface area contributed by atoms with E-state index in [0.29, 0.717) is 0 Å². The van der Waals surface area contributed by atoms with Crippen molar-refractivity contribution in [1.29, 1.82) is 0 Å². The molecule has 2 saturated heterocycles. The van der Waals surface area contributed by atoms with Crippen LogP contribution in [-0.2, 0) is 0 Å². The van der Waals surface area contributed by atoms with Crippen molar-refractivity contribution < 1.29 is 0 Å². The van der Waals surface area contributed by atoms with Crippen molar-refractivity contribution >= 4 is 0 Å². The van der Waals surface area contributed by atoms with Crippen molar-refractivity contribution in [3.8, 4) is 0 Å². The second-order valence-corrected chi connectivity index (χ2v) is 5.85. The highest BCUT2D eigenvalue weighted by atomic mass is 14.9. The molecule has 2 aliphatic heterocycles. The van der Waals surface area contributed by atoms with Crippen LogP contribution in [0.25, 0.3) is 0 Å². The van der Waals surface area contributed by atoms with Crippen LogP contribution >= 0.6 is 0 Å². The average Bonchev–Trinajstić information content (AvgIpc) is 2.24. The van der Waals surface area contributed by atoms with Crippen LogP contribution in [0.15, 0.2) is 0 Å². The summed E-state index contributed by atoms with van der Waals surface area (Å²) < 4.78 is 0. The van der Waals surface area contributed by atoms with E-state index in [9.17, 15) is 0 Å². The van der Waals surface area contributed by atoms with Crippen LogP contribution in [0, 0.1) is 11.8 Å². The standard InChI is InChI=1S/C14H27N/c1-12-4-2-3-5-13-6-8-14(9-7-13)15-11-10-12/h12-15H,2-11H2,1H3. The molecule has 15 heavy (non-hydrogen) atoms. The van der Waals surface area contributed by atoms with Crippen molar-refractivity contribution in [3.63, 3.8) is 0 Å². The van der Waals surface area contributed by atoms with Crippen LogP contribution in [0.1, 0.15) is 64.7 Å². The van der Waals surface area contributed by atoms with Crippen LogP contribution in [0.3, 0.4) is 0 Å². The maximum absolute atomic E-state index is 3.76. The van der Waals surface area contributed by atoms with Gasteiger partial charge >= 0.3 is 0 Å². The minimum Gasteiger partial charge on any atom is -0.314 e. The maximum atomic E-state index is 3.76. The Kier molecular flexibility index (Phi) is 4.49. The Morgan fingerprint density at radius 1 is 0.800 bits per heavy atom. The van der Waals surface area contributed by atoms with E-state index in [2.05, 4.69) is 12.2 Å².